The number of ether oxygens (including phenoxy) is 1. The Morgan fingerprint density at radius 1 is 1.08 bits per heavy atom. The van der Waals surface area contributed by atoms with Crippen molar-refractivity contribution in [1.82, 2.24) is 9.88 Å². The molecule has 7 nitrogen and oxygen atoms in total. The van der Waals surface area contributed by atoms with E-state index in [2.05, 4.69) is 51.0 Å². The number of carboxylic acid groups (broad SMARTS) is 1. The summed E-state index contributed by atoms with van der Waals surface area (Å²) in [7, 11) is -0.736. The molecule has 1 amide bonds. The SMILES string of the molecule is COc1ccc(C(O[Si](C)(C)C(C)(C)C)C(=O)N(CCCc2ccccc2)Cc2nc(C(=O)O)c(C)s2)cc1. The minimum absolute atomic E-state index is 0.0379. The summed E-state index contributed by atoms with van der Waals surface area (Å²) in [5.74, 6) is -0.506. The molecule has 1 aromatic heterocycles. The fourth-order valence-corrected chi connectivity index (χ4v) is 6.06. The quantitative estimate of drug-likeness (QED) is 0.240. The molecule has 0 fully saturated rings. The lowest BCUT2D eigenvalue weighted by molar-refractivity contribution is -0.140. The highest BCUT2D eigenvalue weighted by Crippen LogP contribution is 2.40. The minimum atomic E-state index is -2.35. The Morgan fingerprint density at radius 3 is 2.26 bits per heavy atom. The first-order chi connectivity index (χ1) is 18.3. The van der Waals surface area contributed by atoms with E-state index in [0.29, 0.717) is 22.2 Å². The number of methoxy groups -OCH3 is 1. The molecule has 0 saturated heterocycles. The van der Waals surface area contributed by atoms with Crippen LogP contribution >= 0.6 is 11.3 Å². The van der Waals surface area contributed by atoms with Gasteiger partial charge in [-0.2, -0.15) is 0 Å². The summed E-state index contributed by atoms with van der Waals surface area (Å²) in [6, 6.07) is 17.6. The largest absolute Gasteiger partial charge is 0.497 e. The van der Waals surface area contributed by atoms with Crippen molar-refractivity contribution in [3.8, 4) is 5.75 Å². The number of aryl methyl sites for hydroxylation is 2. The van der Waals surface area contributed by atoms with Gasteiger partial charge in [0.25, 0.3) is 5.91 Å². The smallest absolute Gasteiger partial charge is 0.355 e. The highest BCUT2D eigenvalue weighted by atomic mass is 32.1. The van der Waals surface area contributed by atoms with Crippen LogP contribution in [0.25, 0.3) is 0 Å². The first-order valence-electron chi connectivity index (χ1n) is 13.2. The highest BCUT2D eigenvalue weighted by Gasteiger charge is 2.42. The van der Waals surface area contributed by atoms with Crippen LogP contribution in [0, 0.1) is 6.92 Å². The van der Waals surface area contributed by atoms with E-state index in [0.717, 1.165) is 18.4 Å². The van der Waals surface area contributed by atoms with Gasteiger partial charge in [0.1, 0.15) is 10.8 Å². The molecule has 0 aliphatic carbocycles. The second kappa shape index (κ2) is 12.9. The van der Waals surface area contributed by atoms with Gasteiger partial charge in [0, 0.05) is 11.4 Å². The van der Waals surface area contributed by atoms with Crippen molar-refractivity contribution in [1.29, 1.82) is 0 Å². The van der Waals surface area contributed by atoms with E-state index < -0.39 is 20.4 Å². The van der Waals surface area contributed by atoms with E-state index in [1.54, 1.807) is 18.9 Å². The number of hydrogen-bond donors (Lipinski definition) is 1. The van der Waals surface area contributed by atoms with Crippen molar-refractivity contribution in [3.63, 3.8) is 0 Å². The molecule has 2 aromatic carbocycles. The number of benzene rings is 2. The number of aromatic carboxylic acids is 1. The van der Waals surface area contributed by atoms with Gasteiger partial charge in [-0.1, -0.05) is 63.2 Å². The molecule has 3 rings (SSSR count). The van der Waals surface area contributed by atoms with Gasteiger partial charge in [-0.3, -0.25) is 4.79 Å². The fraction of sp³-hybridized carbons (Fsp3) is 0.433. The maximum Gasteiger partial charge on any atom is 0.355 e. The topological polar surface area (TPSA) is 89.0 Å². The summed E-state index contributed by atoms with van der Waals surface area (Å²) in [5, 5.41) is 10.0. The Hall–Kier alpha value is -3.01. The summed E-state index contributed by atoms with van der Waals surface area (Å²) in [4.78, 5) is 32.7. The van der Waals surface area contributed by atoms with Crippen molar-refractivity contribution < 1.29 is 23.9 Å². The Balaban J connectivity index is 1.96. The maximum atomic E-state index is 14.3. The number of thiazole rings is 1. The number of amides is 1. The predicted molar refractivity (Wildman–Crippen MR) is 158 cm³/mol. The zero-order chi connectivity index (χ0) is 28.8. The summed E-state index contributed by atoms with van der Waals surface area (Å²) in [6.07, 6.45) is 0.771. The van der Waals surface area contributed by atoms with Crippen molar-refractivity contribution in [3.05, 3.63) is 81.3 Å². The molecule has 9 heteroatoms. The molecule has 1 atom stereocenters. The molecule has 0 aliphatic heterocycles. The van der Waals surface area contributed by atoms with Gasteiger partial charge in [-0.25, -0.2) is 9.78 Å². The number of carboxylic acids is 1. The molecule has 0 spiro atoms. The number of aromatic nitrogens is 1. The molecule has 0 saturated carbocycles. The van der Waals surface area contributed by atoms with E-state index in [-0.39, 0.29) is 23.2 Å². The molecular weight excluding hydrogens is 528 g/mol. The number of carbonyl (C=O) groups is 2. The third-order valence-corrected chi connectivity index (χ3v) is 12.7. The van der Waals surface area contributed by atoms with Gasteiger partial charge in [-0.05, 0) is 61.2 Å². The second-order valence-corrected chi connectivity index (χ2v) is 17.2. The summed E-state index contributed by atoms with van der Waals surface area (Å²) >= 11 is 1.31. The van der Waals surface area contributed by atoms with Crippen LogP contribution < -0.4 is 4.74 Å². The average molecular weight is 569 g/mol. The van der Waals surface area contributed by atoms with Crippen LogP contribution in [0.3, 0.4) is 0 Å². The number of rotatable bonds is 12. The molecule has 3 aromatic rings. The lowest BCUT2D eigenvalue weighted by Gasteiger charge is -2.40. The molecular formula is C30H40N2O5SSi. The Labute approximate surface area is 236 Å². The van der Waals surface area contributed by atoms with Crippen LogP contribution in [0.5, 0.6) is 5.75 Å². The zero-order valence-electron chi connectivity index (χ0n) is 24.0. The fourth-order valence-electron chi connectivity index (χ4n) is 3.94. The predicted octanol–water partition coefficient (Wildman–Crippen LogP) is 6.88. The maximum absolute atomic E-state index is 14.3. The van der Waals surface area contributed by atoms with Crippen molar-refractivity contribution in [2.75, 3.05) is 13.7 Å². The van der Waals surface area contributed by atoms with E-state index >= 15 is 0 Å². The van der Waals surface area contributed by atoms with Gasteiger partial charge in [0.05, 0.1) is 13.7 Å². The first kappa shape index (κ1) is 30.5. The van der Waals surface area contributed by atoms with Crippen LogP contribution in [0.4, 0.5) is 0 Å². The molecule has 210 valence electrons. The standard InChI is InChI=1S/C30H40N2O5SSi/c1-21-26(29(34)35)31-25(38-21)20-32(19-11-14-22-12-9-8-10-13-22)28(33)27(37-39(6,7)30(2,3)4)23-15-17-24(36-5)18-16-23/h8-10,12-13,15-18,27H,11,14,19-20H2,1-7H3,(H,34,35). The molecule has 1 unspecified atom stereocenters. The van der Waals surface area contributed by atoms with Gasteiger partial charge >= 0.3 is 5.97 Å². The lowest BCUT2D eigenvalue weighted by Crippen LogP contribution is -2.46. The number of hydrogen-bond acceptors (Lipinski definition) is 6. The number of nitrogens with zero attached hydrogens (tertiary/aromatic N) is 2. The molecule has 39 heavy (non-hydrogen) atoms. The van der Waals surface area contributed by atoms with E-state index in [1.807, 2.05) is 42.5 Å². The van der Waals surface area contributed by atoms with Crippen molar-refractivity contribution >= 4 is 31.5 Å². The Kier molecular flexibility index (Phi) is 10.1. The number of carbonyl (C=O) groups excluding carboxylic acids is 1. The zero-order valence-corrected chi connectivity index (χ0v) is 25.8. The highest BCUT2D eigenvalue weighted by molar-refractivity contribution is 7.11. The average Bonchev–Trinajstić information content (AvgIpc) is 3.26. The molecule has 1 N–H and O–H groups in total. The second-order valence-electron chi connectivity index (χ2n) is 11.2. The minimum Gasteiger partial charge on any atom is -0.497 e. The van der Waals surface area contributed by atoms with Gasteiger partial charge < -0.3 is 19.2 Å². The van der Waals surface area contributed by atoms with Crippen molar-refractivity contribution in [2.24, 2.45) is 0 Å². The van der Waals surface area contributed by atoms with Crippen LogP contribution in [0.15, 0.2) is 54.6 Å². The van der Waals surface area contributed by atoms with Crippen LogP contribution in [0.1, 0.15) is 64.8 Å². The van der Waals surface area contributed by atoms with Crippen LogP contribution in [-0.2, 0) is 22.2 Å². The van der Waals surface area contributed by atoms with Gasteiger partial charge in [-0.15, -0.1) is 11.3 Å². The van der Waals surface area contributed by atoms with E-state index in [9.17, 15) is 14.7 Å². The Bertz CT molecular complexity index is 1250. The summed E-state index contributed by atoms with van der Waals surface area (Å²) in [5.41, 5.74) is 2.00. The van der Waals surface area contributed by atoms with Crippen molar-refractivity contribution in [2.45, 2.75) is 71.3 Å². The molecule has 1 heterocycles. The molecule has 0 bridgehead atoms. The third-order valence-electron chi connectivity index (χ3n) is 7.28. The summed E-state index contributed by atoms with van der Waals surface area (Å²) in [6.45, 7) is 13.2. The van der Waals surface area contributed by atoms with Gasteiger partial charge in [0.2, 0.25) is 0 Å². The Morgan fingerprint density at radius 2 is 1.72 bits per heavy atom. The first-order valence-corrected chi connectivity index (χ1v) is 16.9. The third kappa shape index (κ3) is 8.00. The van der Waals surface area contributed by atoms with Crippen LogP contribution in [-0.4, -0.2) is 48.8 Å². The monoisotopic (exact) mass is 568 g/mol. The summed E-state index contributed by atoms with van der Waals surface area (Å²) < 4.78 is 12.1. The van der Waals surface area contributed by atoms with Gasteiger partial charge in [0.15, 0.2) is 20.1 Å². The molecule has 0 radical (unpaired) electrons. The van der Waals surface area contributed by atoms with Crippen LogP contribution in [0.2, 0.25) is 18.1 Å². The van der Waals surface area contributed by atoms with E-state index in [1.165, 1.54) is 16.9 Å². The molecule has 0 aliphatic rings. The lowest BCUT2D eigenvalue weighted by atomic mass is 10.1. The normalized spacial score (nSPS) is 12.7. The van der Waals surface area contributed by atoms with E-state index in [4.69, 9.17) is 9.16 Å².